The van der Waals surface area contributed by atoms with Crippen LogP contribution in [-0.2, 0) is 0 Å². The van der Waals surface area contributed by atoms with Crippen LogP contribution in [-0.4, -0.2) is 26.2 Å². The number of hydrogen-bond donors (Lipinski definition) is 1. The first-order valence-electron chi connectivity index (χ1n) is 7.67. The average molecular weight is 298 g/mol. The minimum absolute atomic E-state index is 0.261. The van der Waals surface area contributed by atoms with Crippen molar-refractivity contribution in [1.29, 1.82) is 0 Å². The van der Waals surface area contributed by atoms with Gasteiger partial charge in [0.2, 0.25) is 0 Å². The van der Waals surface area contributed by atoms with Gasteiger partial charge in [-0.05, 0) is 37.1 Å². The lowest BCUT2D eigenvalue weighted by atomic mass is 10.1. The largest absolute Gasteiger partial charge is 0.497 e. The number of rotatable bonds is 4. The molecule has 0 amide bonds. The number of ether oxygens (including phenoxy) is 2. The predicted octanol–water partition coefficient (Wildman–Crippen LogP) is 3.42. The topological polar surface area (TPSA) is 47.7 Å². The molecule has 2 aromatic carbocycles. The van der Waals surface area contributed by atoms with Gasteiger partial charge in [-0.1, -0.05) is 12.1 Å². The molecule has 1 atom stereocenters. The standard InChI is InChI=1S/C18H22N2O2/c1-21-16-7-3-9-18(12-16)22-17-8-2-6-15(11-17)20-10-4-5-14(19)13-20/h2-3,6-9,11-12,14H,4-5,10,13,19H2,1H3/t14-/m0/s1. The summed E-state index contributed by atoms with van der Waals surface area (Å²) in [5.74, 6) is 2.38. The summed E-state index contributed by atoms with van der Waals surface area (Å²) in [4.78, 5) is 2.33. The van der Waals surface area contributed by atoms with Crippen molar-refractivity contribution in [1.82, 2.24) is 0 Å². The summed E-state index contributed by atoms with van der Waals surface area (Å²) >= 11 is 0. The fraction of sp³-hybridized carbons (Fsp3) is 0.333. The van der Waals surface area contributed by atoms with Crippen LogP contribution in [0, 0.1) is 0 Å². The Balaban J connectivity index is 1.75. The van der Waals surface area contributed by atoms with Crippen LogP contribution < -0.4 is 20.1 Å². The van der Waals surface area contributed by atoms with E-state index >= 15 is 0 Å². The Labute approximate surface area is 131 Å². The monoisotopic (exact) mass is 298 g/mol. The number of hydrogen-bond acceptors (Lipinski definition) is 4. The Morgan fingerprint density at radius 3 is 2.55 bits per heavy atom. The van der Waals surface area contributed by atoms with Gasteiger partial charge in [-0.3, -0.25) is 0 Å². The quantitative estimate of drug-likeness (QED) is 0.939. The van der Waals surface area contributed by atoms with Crippen molar-refractivity contribution in [3.05, 3.63) is 48.5 Å². The van der Waals surface area contributed by atoms with Gasteiger partial charge in [0.05, 0.1) is 7.11 Å². The molecule has 2 aromatic rings. The average Bonchev–Trinajstić information content (AvgIpc) is 2.55. The van der Waals surface area contributed by atoms with E-state index in [-0.39, 0.29) is 6.04 Å². The zero-order valence-corrected chi connectivity index (χ0v) is 12.9. The molecule has 0 aliphatic carbocycles. The molecule has 2 N–H and O–H groups in total. The first kappa shape index (κ1) is 14.7. The summed E-state index contributed by atoms with van der Waals surface area (Å²) in [5.41, 5.74) is 7.23. The van der Waals surface area contributed by atoms with E-state index in [1.54, 1.807) is 7.11 Å². The lowest BCUT2D eigenvalue weighted by Gasteiger charge is -2.32. The van der Waals surface area contributed by atoms with Gasteiger partial charge in [-0.2, -0.15) is 0 Å². The molecule has 1 aliphatic heterocycles. The fourth-order valence-electron chi connectivity index (χ4n) is 2.79. The van der Waals surface area contributed by atoms with E-state index in [0.717, 1.165) is 48.9 Å². The van der Waals surface area contributed by atoms with E-state index in [4.69, 9.17) is 15.2 Å². The third-order valence-corrected chi connectivity index (χ3v) is 3.92. The summed E-state index contributed by atoms with van der Waals surface area (Å²) < 4.78 is 11.2. The molecule has 4 nitrogen and oxygen atoms in total. The van der Waals surface area contributed by atoms with Crippen LogP contribution in [0.5, 0.6) is 17.2 Å². The lowest BCUT2D eigenvalue weighted by molar-refractivity contribution is 0.409. The molecular weight excluding hydrogens is 276 g/mol. The second kappa shape index (κ2) is 6.71. The Hall–Kier alpha value is -2.20. The third kappa shape index (κ3) is 3.52. The van der Waals surface area contributed by atoms with Gasteiger partial charge >= 0.3 is 0 Å². The van der Waals surface area contributed by atoms with Crippen LogP contribution in [0.25, 0.3) is 0 Å². The van der Waals surface area contributed by atoms with Crippen LogP contribution >= 0.6 is 0 Å². The SMILES string of the molecule is COc1cccc(Oc2cccc(N3CCC[C@H](N)C3)c2)c1. The van der Waals surface area contributed by atoms with Crippen molar-refractivity contribution in [3.63, 3.8) is 0 Å². The molecule has 4 heteroatoms. The highest BCUT2D eigenvalue weighted by atomic mass is 16.5. The summed E-state index contributed by atoms with van der Waals surface area (Å²) in [6.07, 6.45) is 2.25. The molecule has 0 bridgehead atoms. The Morgan fingerprint density at radius 1 is 1.05 bits per heavy atom. The maximum atomic E-state index is 6.07. The van der Waals surface area contributed by atoms with Crippen LogP contribution in [0.15, 0.2) is 48.5 Å². The highest BCUT2D eigenvalue weighted by Gasteiger charge is 2.17. The molecule has 0 spiro atoms. The smallest absolute Gasteiger partial charge is 0.131 e. The van der Waals surface area contributed by atoms with E-state index in [0.29, 0.717) is 0 Å². The van der Waals surface area contributed by atoms with E-state index in [1.165, 1.54) is 0 Å². The normalized spacial score (nSPS) is 18.1. The van der Waals surface area contributed by atoms with Crippen molar-refractivity contribution >= 4 is 5.69 Å². The second-order valence-electron chi connectivity index (χ2n) is 5.63. The summed E-state index contributed by atoms with van der Waals surface area (Å²) in [6, 6.07) is 16.0. The second-order valence-corrected chi connectivity index (χ2v) is 5.63. The third-order valence-electron chi connectivity index (χ3n) is 3.92. The van der Waals surface area contributed by atoms with Gasteiger partial charge in [0.1, 0.15) is 17.2 Å². The first-order valence-corrected chi connectivity index (χ1v) is 7.67. The Morgan fingerprint density at radius 2 is 1.77 bits per heavy atom. The fourth-order valence-corrected chi connectivity index (χ4v) is 2.79. The first-order chi connectivity index (χ1) is 10.7. The highest BCUT2D eigenvalue weighted by molar-refractivity contribution is 5.52. The number of benzene rings is 2. The molecule has 0 unspecified atom stereocenters. The van der Waals surface area contributed by atoms with Gasteiger partial charge in [0, 0.05) is 37.0 Å². The number of anilines is 1. The Bertz CT molecular complexity index is 630. The van der Waals surface area contributed by atoms with Gasteiger partial charge in [-0.25, -0.2) is 0 Å². The Kier molecular flexibility index (Phi) is 4.49. The molecule has 0 saturated carbocycles. The molecule has 116 valence electrons. The van der Waals surface area contributed by atoms with Crippen LogP contribution in [0.1, 0.15) is 12.8 Å². The van der Waals surface area contributed by atoms with Gasteiger partial charge < -0.3 is 20.1 Å². The minimum atomic E-state index is 0.261. The van der Waals surface area contributed by atoms with Crippen molar-refractivity contribution in [2.45, 2.75) is 18.9 Å². The number of nitrogens with zero attached hydrogens (tertiary/aromatic N) is 1. The van der Waals surface area contributed by atoms with E-state index < -0.39 is 0 Å². The summed E-state index contributed by atoms with van der Waals surface area (Å²) in [5, 5.41) is 0. The number of piperidine rings is 1. The zero-order valence-electron chi connectivity index (χ0n) is 12.9. The molecular formula is C18H22N2O2. The predicted molar refractivity (Wildman–Crippen MR) is 88.9 cm³/mol. The van der Waals surface area contributed by atoms with Gasteiger partial charge in [0.15, 0.2) is 0 Å². The van der Waals surface area contributed by atoms with E-state index in [2.05, 4.69) is 17.0 Å². The number of nitrogens with two attached hydrogens (primary N) is 1. The molecule has 0 aromatic heterocycles. The van der Waals surface area contributed by atoms with Crippen LogP contribution in [0.2, 0.25) is 0 Å². The summed E-state index contributed by atoms with van der Waals surface area (Å²) in [7, 11) is 1.65. The molecule has 1 fully saturated rings. The van der Waals surface area contributed by atoms with Crippen molar-refractivity contribution in [3.8, 4) is 17.2 Å². The van der Waals surface area contributed by atoms with Crippen molar-refractivity contribution in [2.24, 2.45) is 5.73 Å². The van der Waals surface area contributed by atoms with E-state index in [1.807, 2.05) is 36.4 Å². The maximum absolute atomic E-state index is 6.07. The molecule has 1 aliphatic rings. The minimum Gasteiger partial charge on any atom is -0.497 e. The van der Waals surface area contributed by atoms with Crippen LogP contribution in [0.4, 0.5) is 5.69 Å². The molecule has 22 heavy (non-hydrogen) atoms. The number of methoxy groups -OCH3 is 1. The molecule has 3 rings (SSSR count). The summed E-state index contributed by atoms with van der Waals surface area (Å²) in [6.45, 7) is 1.96. The molecule has 1 heterocycles. The maximum Gasteiger partial charge on any atom is 0.131 e. The van der Waals surface area contributed by atoms with Gasteiger partial charge in [0.25, 0.3) is 0 Å². The van der Waals surface area contributed by atoms with Gasteiger partial charge in [-0.15, -0.1) is 0 Å². The van der Waals surface area contributed by atoms with Crippen molar-refractivity contribution in [2.75, 3.05) is 25.1 Å². The van der Waals surface area contributed by atoms with Crippen LogP contribution in [0.3, 0.4) is 0 Å². The van der Waals surface area contributed by atoms with E-state index in [9.17, 15) is 0 Å². The zero-order chi connectivity index (χ0) is 15.4. The highest BCUT2D eigenvalue weighted by Crippen LogP contribution is 2.29. The molecule has 0 radical (unpaired) electrons. The van der Waals surface area contributed by atoms with Crippen molar-refractivity contribution < 1.29 is 9.47 Å². The molecule has 1 saturated heterocycles. The lowest BCUT2D eigenvalue weighted by Crippen LogP contribution is -2.42.